The second-order valence-electron chi connectivity index (χ2n) is 3.94. The zero-order chi connectivity index (χ0) is 14.8. The number of nitrogen functional groups attached to an aromatic ring is 1. The van der Waals surface area contributed by atoms with Crippen LogP contribution >= 0.6 is 22.9 Å². The molecular formula is C11H13ClN4O2S2. The van der Waals surface area contributed by atoms with Crippen LogP contribution in [0.1, 0.15) is 16.8 Å². The number of anilines is 1. The number of aryl methyl sites for hydroxylation is 1. The van der Waals surface area contributed by atoms with Gasteiger partial charge in [0.05, 0.1) is 11.6 Å². The average molecular weight is 333 g/mol. The van der Waals surface area contributed by atoms with E-state index in [0.29, 0.717) is 5.01 Å². The lowest BCUT2D eigenvalue weighted by atomic mass is 10.4. The van der Waals surface area contributed by atoms with E-state index in [-0.39, 0.29) is 22.3 Å². The highest BCUT2D eigenvalue weighted by molar-refractivity contribution is 7.89. The minimum Gasteiger partial charge on any atom is -0.382 e. The fourth-order valence-corrected chi connectivity index (χ4v) is 3.49. The van der Waals surface area contributed by atoms with Crippen LogP contribution in [0.25, 0.3) is 0 Å². The van der Waals surface area contributed by atoms with Crippen molar-refractivity contribution in [3.63, 3.8) is 0 Å². The molecule has 0 saturated heterocycles. The van der Waals surface area contributed by atoms with Gasteiger partial charge < -0.3 is 5.73 Å². The van der Waals surface area contributed by atoms with E-state index in [2.05, 4.69) is 14.7 Å². The standard InChI is InChI=1S/C11H13ClN4O2S2/c1-2-7-4-14-10(19-7)6-16-20(17,18)8-3-9(12)11(13)15-5-8/h3-5,16H,2,6H2,1H3,(H2,13,15). The number of nitrogens with two attached hydrogens (primary N) is 1. The Kier molecular flexibility index (Phi) is 4.59. The van der Waals surface area contributed by atoms with E-state index in [1.54, 1.807) is 6.20 Å². The van der Waals surface area contributed by atoms with Gasteiger partial charge in [-0.05, 0) is 12.5 Å². The number of aromatic nitrogens is 2. The maximum absolute atomic E-state index is 12.1. The zero-order valence-corrected chi connectivity index (χ0v) is 13.0. The molecule has 0 unspecified atom stereocenters. The molecule has 0 aliphatic heterocycles. The SMILES string of the molecule is CCc1cnc(CNS(=O)(=O)c2cnc(N)c(Cl)c2)s1. The van der Waals surface area contributed by atoms with Crippen molar-refractivity contribution in [1.29, 1.82) is 0 Å². The van der Waals surface area contributed by atoms with Crippen LogP contribution in [0.2, 0.25) is 5.02 Å². The van der Waals surface area contributed by atoms with Crippen LogP contribution in [0.15, 0.2) is 23.4 Å². The van der Waals surface area contributed by atoms with Crippen LogP contribution in [0.3, 0.4) is 0 Å². The van der Waals surface area contributed by atoms with Gasteiger partial charge in [0.15, 0.2) is 0 Å². The number of hydrogen-bond donors (Lipinski definition) is 2. The second kappa shape index (κ2) is 6.04. The van der Waals surface area contributed by atoms with Gasteiger partial charge in [-0.15, -0.1) is 11.3 Å². The number of pyridine rings is 1. The van der Waals surface area contributed by atoms with Crippen LogP contribution in [0, 0.1) is 0 Å². The summed E-state index contributed by atoms with van der Waals surface area (Å²) < 4.78 is 26.6. The summed E-state index contributed by atoms with van der Waals surface area (Å²) in [7, 11) is -3.68. The number of nitrogens with zero attached hydrogens (tertiary/aromatic N) is 2. The molecule has 9 heteroatoms. The van der Waals surface area contributed by atoms with Gasteiger partial charge in [0.2, 0.25) is 10.0 Å². The fraction of sp³-hybridized carbons (Fsp3) is 0.273. The Morgan fingerprint density at radius 1 is 1.40 bits per heavy atom. The van der Waals surface area contributed by atoms with Crippen LogP contribution in [0.4, 0.5) is 5.82 Å². The zero-order valence-electron chi connectivity index (χ0n) is 10.6. The van der Waals surface area contributed by atoms with Crippen molar-refractivity contribution in [2.45, 2.75) is 24.8 Å². The normalized spacial score (nSPS) is 11.7. The molecule has 20 heavy (non-hydrogen) atoms. The number of nitrogens with one attached hydrogen (secondary N) is 1. The molecule has 2 aromatic rings. The van der Waals surface area contributed by atoms with Crippen molar-refractivity contribution in [2.24, 2.45) is 0 Å². The molecule has 108 valence electrons. The van der Waals surface area contributed by atoms with Crippen LogP contribution in [-0.2, 0) is 23.0 Å². The Morgan fingerprint density at radius 3 is 2.75 bits per heavy atom. The molecule has 3 N–H and O–H groups in total. The summed E-state index contributed by atoms with van der Waals surface area (Å²) in [6.07, 6.45) is 3.79. The number of thiazole rings is 1. The fourth-order valence-electron chi connectivity index (χ4n) is 1.41. The third-order valence-corrected chi connectivity index (χ3v) is 5.33. The first kappa shape index (κ1) is 15.2. The lowest BCUT2D eigenvalue weighted by molar-refractivity contribution is 0.581. The van der Waals surface area contributed by atoms with Crippen molar-refractivity contribution in [3.05, 3.63) is 33.4 Å². The van der Waals surface area contributed by atoms with E-state index in [4.69, 9.17) is 17.3 Å². The molecule has 2 rings (SSSR count). The molecule has 0 bridgehead atoms. The maximum Gasteiger partial charge on any atom is 0.242 e. The molecule has 2 heterocycles. The van der Waals surface area contributed by atoms with E-state index in [9.17, 15) is 8.42 Å². The van der Waals surface area contributed by atoms with Crippen LogP contribution < -0.4 is 10.5 Å². The Balaban J connectivity index is 2.12. The summed E-state index contributed by atoms with van der Waals surface area (Å²) in [4.78, 5) is 8.96. The first-order valence-corrected chi connectivity index (χ1v) is 8.44. The van der Waals surface area contributed by atoms with Crippen LogP contribution in [-0.4, -0.2) is 18.4 Å². The van der Waals surface area contributed by atoms with Crippen molar-refractivity contribution in [1.82, 2.24) is 14.7 Å². The van der Waals surface area contributed by atoms with E-state index in [1.165, 1.54) is 23.6 Å². The van der Waals surface area contributed by atoms with Crippen molar-refractivity contribution >= 4 is 38.8 Å². The van der Waals surface area contributed by atoms with Crippen molar-refractivity contribution in [3.8, 4) is 0 Å². The molecule has 0 radical (unpaired) electrons. The molecule has 0 spiro atoms. The maximum atomic E-state index is 12.1. The number of rotatable bonds is 5. The number of halogens is 1. The first-order valence-electron chi connectivity index (χ1n) is 5.76. The molecular weight excluding hydrogens is 320 g/mol. The van der Waals surface area contributed by atoms with E-state index in [0.717, 1.165) is 11.3 Å². The molecule has 2 aromatic heterocycles. The minimum absolute atomic E-state index is 0.0241. The second-order valence-corrected chi connectivity index (χ2v) is 7.31. The highest BCUT2D eigenvalue weighted by Gasteiger charge is 2.16. The van der Waals surface area contributed by atoms with Gasteiger partial charge in [0, 0.05) is 17.3 Å². The molecule has 0 aromatic carbocycles. The van der Waals surface area contributed by atoms with Gasteiger partial charge in [-0.1, -0.05) is 18.5 Å². The number of hydrogen-bond acceptors (Lipinski definition) is 6. The van der Waals surface area contributed by atoms with Gasteiger partial charge in [-0.3, -0.25) is 0 Å². The summed E-state index contributed by atoms with van der Waals surface area (Å²) >= 11 is 7.24. The third-order valence-electron chi connectivity index (χ3n) is 2.52. The minimum atomic E-state index is -3.68. The predicted octanol–water partition coefficient (Wildman–Crippen LogP) is 1.81. The summed E-state index contributed by atoms with van der Waals surface area (Å²) in [5.74, 6) is 0.0955. The first-order chi connectivity index (χ1) is 9.42. The quantitative estimate of drug-likeness (QED) is 0.870. The van der Waals surface area contributed by atoms with E-state index in [1.807, 2.05) is 6.92 Å². The Morgan fingerprint density at radius 2 is 2.15 bits per heavy atom. The summed E-state index contributed by atoms with van der Waals surface area (Å²) in [5, 5.41) is 0.815. The van der Waals surface area contributed by atoms with Gasteiger partial charge in [0.25, 0.3) is 0 Å². The van der Waals surface area contributed by atoms with Gasteiger partial charge in [-0.25, -0.2) is 23.1 Å². The lowest BCUT2D eigenvalue weighted by Gasteiger charge is -2.06. The lowest BCUT2D eigenvalue weighted by Crippen LogP contribution is -2.23. The molecule has 0 amide bonds. The van der Waals surface area contributed by atoms with Gasteiger partial charge >= 0.3 is 0 Å². The van der Waals surface area contributed by atoms with Gasteiger partial charge in [-0.2, -0.15) is 0 Å². The molecule has 0 aliphatic carbocycles. The smallest absolute Gasteiger partial charge is 0.242 e. The molecule has 0 aliphatic rings. The molecule has 0 atom stereocenters. The monoisotopic (exact) mass is 332 g/mol. The largest absolute Gasteiger partial charge is 0.382 e. The highest BCUT2D eigenvalue weighted by atomic mass is 35.5. The average Bonchev–Trinajstić information content (AvgIpc) is 2.87. The molecule has 0 saturated carbocycles. The Labute approximate surface area is 126 Å². The van der Waals surface area contributed by atoms with Gasteiger partial charge in [0.1, 0.15) is 15.7 Å². The van der Waals surface area contributed by atoms with E-state index >= 15 is 0 Å². The van der Waals surface area contributed by atoms with Crippen molar-refractivity contribution < 1.29 is 8.42 Å². The Bertz CT molecular complexity index is 715. The predicted molar refractivity (Wildman–Crippen MR) is 79.2 cm³/mol. The Hall–Kier alpha value is -1.22. The van der Waals surface area contributed by atoms with Crippen molar-refractivity contribution in [2.75, 3.05) is 5.73 Å². The van der Waals surface area contributed by atoms with E-state index < -0.39 is 10.0 Å². The summed E-state index contributed by atoms with van der Waals surface area (Å²) in [6.45, 7) is 2.15. The molecule has 6 nitrogen and oxygen atoms in total. The third kappa shape index (κ3) is 3.45. The topological polar surface area (TPSA) is 98.0 Å². The number of sulfonamides is 1. The molecule has 0 fully saturated rings. The summed E-state index contributed by atoms with van der Waals surface area (Å²) in [5.41, 5.74) is 5.45. The van der Waals surface area contributed by atoms with Crippen LogP contribution in [0.5, 0.6) is 0 Å². The highest BCUT2D eigenvalue weighted by Crippen LogP contribution is 2.20. The summed E-state index contributed by atoms with van der Waals surface area (Å²) in [6, 6.07) is 1.27.